The Morgan fingerprint density at radius 1 is 1.11 bits per heavy atom. The van der Waals surface area contributed by atoms with Gasteiger partial charge in [0.1, 0.15) is 0 Å². The van der Waals surface area contributed by atoms with Crippen LogP contribution in [0.1, 0.15) is 6.42 Å². The average Bonchev–Trinajstić information content (AvgIpc) is 2.90. The number of hydrogen-bond acceptors (Lipinski definition) is 5. The van der Waals surface area contributed by atoms with Crippen LogP contribution < -0.4 is 0 Å². The van der Waals surface area contributed by atoms with Crippen LogP contribution >= 0.6 is 0 Å². The largest absolute Gasteiger partial charge is 0.395 e. The number of rotatable bonds is 7. The van der Waals surface area contributed by atoms with Crippen LogP contribution in [0.25, 0.3) is 0 Å². The van der Waals surface area contributed by atoms with E-state index in [1.807, 2.05) is 0 Å². The Morgan fingerprint density at radius 3 is 2.61 bits per heavy atom. The second-order valence-corrected chi connectivity index (χ2v) is 5.21. The smallest absolute Gasteiger partial charge is 0.0594 e. The molecule has 0 bridgehead atoms. The third-order valence-corrected chi connectivity index (χ3v) is 3.79. The summed E-state index contributed by atoms with van der Waals surface area (Å²) < 4.78 is 10.8. The first-order valence-corrected chi connectivity index (χ1v) is 7.09. The number of aliphatic hydroxyl groups is 1. The minimum Gasteiger partial charge on any atom is -0.395 e. The first kappa shape index (κ1) is 14.2. The van der Waals surface area contributed by atoms with E-state index in [0.29, 0.717) is 5.92 Å². The monoisotopic (exact) mass is 258 g/mol. The van der Waals surface area contributed by atoms with E-state index >= 15 is 0 Å². The Kier molecular flexibility index (Phi) is 6.37. The fraction of sp³-hybridized carbons (Fsp3) is 1.00. The molecular weight excluding hydrogens is 232 g/mol. The molecule has 0 aromatic rings. The minimum atomic E-state index is 0.247. The molecule has 2 aliphatic rings. The zero-order chi connectivity index (χ0) is 12.6. The van der Waals surface area contributed by atoms with Crippen LogP contribution in [0.5, 0.6) is 0 Å². The van der Waals surface area contributed by atoms with Gasteiger partial charge in [-0.2, -0.15) is 0 Å². The Bertz CT molecular complexity index is 216. The Labute approximate surface area is 110 Å². The van der Waals surface area contributed by atoms with Gasteiger partial charge in [-0.1, -0.05) is 0 Å². The van der Waals surface area contributed by atoms with Crippen molar-refractivity contribution in [2.24, 2.45) is 5.92 Å². The van der Waals surface area contributed by atoms with Crippen LogP contribution in [0.3, 0.4) is 0 Å². The third-order valence-electron chi connectivity index (χ3n) is 3.79. The van der Waals surface area contributed by atoms with Crippen molar-refractivity contribution in [3.63, 3.8) is 0 Å². The topological polar surface area (TPSA) is 45.2 Å². The molecule has 2 fully saturated rings. The predicted octanol–water partition coefficient (Wildman–Crippen LogP) is -0.351. The molecule has 0 aromatic heterocycles. The molecule has 18 heavy (non-hydrogen) atoms. The molecule has 2 heterocycles. The summed E-state index contributed by atoms with van der Waals surface area (Å²) >= 11 is 0. The number of morpholine rings is 1. The van der Waals surface area contributed by atoms with Crippen molar-refractivity contribution in [3.05, 3.63) is 0 Å². The lowest BCUT2D eigenvalue weighted by Crippen LogP contribution is -2.43. The predicted molar refractivity (Wildman–Crippen MR) is 69.7 cm³/mol. The second-order valence-electron chi connectivity index (χ2n) is 5.21. The van der Waals surface area contributed by atoms with Crippen LogP contribution in [0, 0.1) is 5.92 Å². The van der Waals surface area contributed by atoms with Crippen molar-refractivity contribution >= 4 is 0 Å². The standard InChI is InChI=1S/C13H26N2O3/c16-7-4-15(11-13-1-8-18-12-13)3-2-14-5-9-17-10-6-14/h13,16H,1-12H2/t13-/m1/s1. The summed E-state index contributed by atoms with van der Waals surface area (Å²) in [6.07, 6.45) is 1.17. The molecule has 1 N–H and O–H groups in total. The minimum absolute atomic E-state index is 0.247. The number of aliphatic hydroxyl groups excluding tert-OH is 1. The van der Waals surface area contributed by atoms with Gasteiger partial charge in [0.05, 0.1) is 26.4 Å². The molecule has 5 nitrogen and oxygen atoms in total. The van der Waals surface area contributed by atoms with E-state index in [1.54, 1.807) is 0 Å². The van der Waals surface area contributed by atoms with Crippen molar-refractivity contribution in [1.29, 1.82) is 0 Å². The zero-order valence-corrected chi connectivity index (χ0v) is 11.2. The van der Waals surface area contributed by atoms with E-state index in [1.165, 1.54) is 6.42 Å². The van der Waals surface area contributed by atoms with Crippen LogP contribution in [-0.4, -0.2) is 87.2 Å². The lowest BCUT2D eigenvalue weighted by atomic mass is 10.1. The third kappa shape index (κ3) is 4.82. The van der Waals surface area contributed by atoms with Crippen molar-refractivity contribution in [3.8, 4) is 0 Å². The van der Waals surface area contributed by atoms with E-state index < -0.39 is 0 Å². The number of hydrogen-bond donors (Lipinski definition) is 1. The molecule has 0 unspecified atom stereocenters. The van der Waals surface area contributed by atoms with Crippen molar-refractivity contribution in [2.75, 3.05) is 72.3 Å². The quantitative estimate of drug-likeness (QED) is 0.676. The zero-order valence-electron chi connectivity index (χ0n) is 11.2. The maximum atomic E-state index is 9.14. The van der Waals surface area contributed by atoms with E-state index in [2.05, 4.69) is 9.80 Å². The molecule has 0 radical (unpaired) electrons. The van der Waals surface area contributed by atoms with Gasteiger partial charge in [-0.25, -0.2) is 0 Å². The maximum absolute atomic E-state index is 9.14. The number of nitrogens with zero attached hydrogens (tertiary/aromatic N) is 2. The molecule has 5 heteroatoms. The summed E-state index contributed by atoms with van der Waals surface area (Å²) in [5.41, 5.74) is 0. The van der Waals surface area contributed by atoms with Gasteiger partial charge in [0.15, 0.2) is 0 Å². The van der Waals surface area contributed by atoms with Crippen LogP contribution in [0.4, 0.5) is 0 Å². The van der Waals surface area contributed by atoms with Gasteiger partial charge in [0.25, 0.3) is 0 Å². The Balaban J connectivity index is 1.67. The molecular formula is C13H26N2O3. The van der Waals surface area contributed by atoms with Gasteiger partial charge in [0.2, 0.25) is 0 Å². The summed E-state index contributed by atoms with van der Waals surface area (Å²) in [7, 11) is 0. The summed E-state index contributed by atoms with van der Waals surface area (Å²) in [4.78, 5) is 4.81. The molecule has 0 saturated carbocycles. The highest BCUT2D eigenvalue weighted by molar-refractivity contribution is 4.72. The first-order valence-electron chi connectivity index (χ1n) is 7.09. The normalized spacial score (nSPS) is 26.0. The molecule has 2 saturated heterocycles. The average molecular weight is 258 g/mol. The molecule has 0 aromatic carbocycles. The number of ether oxygens (including phenoxy) is 2. The highest BCUT2D eigenvalue weighted by Gasteiger charge is 2.19. The summed E-state index contributed by atoms with van der Waals surface area (Å²) in [6, 6.07) is 0. The van der Waals surface area contributed by atoms with Crippen LogP contribution in [0.15, 0.2) is 0 Å². The molecule has 0 amide bonds. The van der Waals surface area contributed by atoms with Gasteiger partial charge < -0.3 is 14.6 Å². The molecule has 2 aliphatic heterocycles. The Hall–Kier alpha value is -0.200. The highest BCUT2D eigenvalue weighted by atomic mass is 16.5. The van der Waals surface area contributed by atoms with E-state index in [-0.39, 0.29) is 6.61 Å². The summed E-state index contributed by atoms with van der Waals surface area (Å²) in [5.74, 6) is 0.654. The van der Waals surface area contributed by atoms with Crippen LogP contribution in [0.2, 0.25) is 0 Å². The molecule has 1 atom stereocenters. The van der Waals surface area contributed by atoms with Crippen molar-refractivity contribution in [2.45, 2.75) is 6.42 Å². The molecule has 0 aliphatic carbocycles. The fourth-order valence-corrected chi connectivity index (χ4v) is 2.64. The van der Waals surface area contributed by atoms with Gasteiger partial charge in [0, 0.05) is 45.9 Å². The summed E-state index contributed by atoms with van der Waals surface area (Å²) in [6.45, 7) is 9.79. The second kappa shape index (κ2) is 8.07. The van der Waals surface area contributed by atoms with E-state index in [9.17, 15) is 0 Å². The van der Waals surface area contributed by atoms with Crippen LogP contribution in [-0.2, 0) is 9.47 Å². The Morgan fingerprint density at radius 2 is 1.94 bits per heavy atom. The maximum Gasteiger partial charge on any atom is 0.0594 e. The summed E-state index contributed by atoms with van der Waals surface area (Å²) in [5, 5.41) is 9.14. The lowest BCUT2D eigenvalue weighted by Gasteiger charge is -2.30. The van der Waals surface area contributed by atoms with Gasteiger partial charge in [-0.3, -0.25) is 9.80 Å². The van der Waals surface area contributed by atoms with Crippen molar-refractivity contribution in [1.82, 2.24) is 9.80 Å². The van der Waals surface area contributed by atoms with E-state index in [4.69, 9.17) is 14.6 Å². The van der Waals surface area contributed by atoms with Gasteiger partial charge in [-0.05, 0) is 12.3 Å². The molecule has 2 rings (SSSR count). The van der Waals surface area contributed by atoms with Gasteiger partial charge in [-0.15, -0.1) is 0 Å². The lowest BCUT2D eigenvalue weighted by molar-refractivity contribution is 0.0314. The fourth-order valence-electron chi connectivity index (χ4n) is 2.64. The van der Waals surface area contributed by atoms with E-state index in [0.717, 1.165) is 65.7 Å². The first-order chi connectivity index (χ1) is 8.88. The molecule has 106 valence electrons. The van der Waals surface area contributed by atoms with Gasteiger partial charge >= 0.3 is 0 Å². The van der Waals surface area contributed by atoms with Crippen molar-refractivity contribution < 1.29 is 14.6 Å². The SMILES string of the molecule is OCCN(CCN1CCOCC1)C[C@H]1CCOC1. The highest BCUT2D eigenvalue weighted by Crippen LogP contribution is 2.13. The molecule has 0 spiro atoms.